The molecule has 2 aliphatic rings. The zero-order valence-corrected chi connectivity index (χ0v) is 22.4. The molecule has 0 atom stereocenters. The zero-order valence-electron chi connectivity index (χ0n) is 22.4. The van der Waals surface area contributed by atoms with E-state index < -0.39 is 0 Å². The van der Waals surface area contributed by atoms with Gasteiger partial charge in [0.1, 0.15) is 13.1 Å². The van der Waals surface area contributed by atoms with Crippen molar-refractivity contribution in [1.82, 2.24) is 0 Å². The fourth-order valence-electron chi connectivity index (χ4n) is 6.41. The Hall–Kier alpha value is -2.84. The highest BCUT2D eigenvalue weighted by Crippen LogP contribution is 2.32. The van der Waals surface area contributed by atoms with Crippen molar-refractivity contribution >= 4 is 11.4 Å². The molecule has 2 aromatic carbocycles. The zero-order chi connectivity index (χ0) is 26.5. The van der Waals surface area contributed by atoms with E-state index in [0.717, 1.165) is 33.9 Å². The number of rotatable bonds is 10. The quantitative estimate of drug-likeness (QED) is 0.220. The van der Waals surface area contributed by atoms with Crippen molar-refractivity contribution in [2.45, 2.75) is 58.0 Å². The molecule has 0 aliphatic carbocycles. The van der Waals surface area contributed by atoms with E-state index in [-0.39, 0.29) is 21.2 Å². The van der Waals surface area contributed by atoms with Gasteiger partial charge in [-0.2, -0.15) is 0 Å². The highest BCUT2D eigenvalue weighted by molar-refractivity contribution is 5.33. The van der Waals surface area contributed by atoms with E-state index >= 15 is 0 Å². The largest absolute Gasteiger partial charge is 0.322 e. The minimum Gasteiger partial charge on any atom is -0.322 e. The second-order valence-corrected chi connectivity index (χ2v) is 12.1. The van der Waals surface area contributed by atoms with Crippen molar-refractivity contribution in [3.05, 3.63) is 79.9 Å². The molecular weight excluding hydrogens is 468 g/mol. The van der Waals surface area contributed by atoms with E-state index in [4.69, 9.17) is 0 Å². The lowest BCUT2D eigenvalue weighted by molar-refractivity contribution is -0.928. The van der Waals surface area contributed by atoms with Crippen molar-refractivity contribution in [1.29, 1.82) is 0 Å². The maximum Gasteiger partial charge on any atom is 0.269 e. The Labute approximate surface area is 220 Å². The molecule has 0 aromatic heterocycles. The Morgan fingerprint density at radius 1 is 0.649 bits per heavy atom. The molecule has 8 nitrogen and oxygen atoms in total. The van der Waals surface area contributed by atoms with Crippen LogP contribution in [0.2, 0.25) is 0 Å². The van der Waals surface area contributed by atoms with Crippen molar-refractivity contribution in [3.63, 3.8) is 0 Å². The van der Waals surface area contributed by atoms with Crippen LogP contribution in [0.15, 0.2) is 48.5 Å². The lowest BCUT2D eigenvalue weighted by Gasteiger charge is -2.41. The molecule has 2 saturated heterocycles. The van der Waals surface area contributed by atoms with E-state index in [0.29, 0.717) is 0 Å². The summed E-state index contributed by atoms with van der Waals surface area (Å²) in [7, 11) is 4.65. The van der Waals surface area contributed by atoms with Crippen LogP contribution in [0.5, 0.6) is 0 Å². The van der Waals surface area contributed by atoms with Crippen LogP contribution in [0.1, 0.15) is 56.1 Å². The van der Waals surface area contributed by atoms with Crippen LogP contribution in [0.4, 0.5) is 11.4 Å². The molecule has 2 heterocycles. The summed E-state index contributed by atoms with van der Waals surface area (Å²) < 4.78 is 2.06. The molecule has 37 heavy (non-hydrogen) atoms. The van der Waals surface area contributed by atoms with Crippen molar-refractivity contribution in [2.24, 2.45) is 11.8 Å². The smallest absolute Gasteiger partial charge is 0.269 e. The lowest BCUT2D eigenvalue weighted by Crippen LogP contribution is -2.49. The van der Waals surface area contributed by atoms with Crippen molar-refractivity contribution in [2.75, 3.05) is 40.3 Å². The highest BCUT2D eigenvalue weighted by atomic mass is 16.6. The Morgan fingerprint density at radius 3 is 1.27 bits per heavy atom. The van der Waals surface area contributed by atoms with Gasteiger partial charge in [-0.25, -0.2) is 0 Å². The SMILES string of the molecule is C[N+]1(Cc2ccc([N+](=O)[O-])cc2)CCC(CCCC2CC[N+](C)(Cc3ccc([N+](=O)[O-])cc3)CC2)CC1. The van der Waals surface area contributed by atoms with Gasteiger partial charge in [0.15, 0.2) is 0 Å². The van der Waals surface area contributed by atoms with Gasteiger partial charge in [-0.05, 0) is 61.8 Å². The molecule has 0 spiro atoms. The molecular formula is C29H42N4O4+2. The molecule has 0 bridgehead atoms. The van der Waals surface area contributed by atoms with Crippen LogP contribution >= 0.6 is 0 Å². The van der Waals surface area contributed by atoms with Crippen LogP contribution in [0, 0.1) is 32.1 Å². The Kier molecular flexibility index (Phi) is 8.60. The number of nitro groups is 2. The molecule has 2 aromatic rings. The van der Waals surface area contributed by atoms with Gasteiger partial charge in [-0.15, -0.1) is 0 Å². The molecule has 0 radical (unpaired) electrons. The van der Waals surface area contributed by atoms with Crippen molar-refractivity contribution in [3.8, 4) is 0 Å². The average Bonchev–Trinajstić information content (AvgIpc) is 2.87. The number of piperidine rings is 2. The van der Waals surface area contributed by atoms with Gasteiger partial charge >= 0.3 is 0 Å². The molecule has 0 saturated carbocycles. The predicted molar refractivity (Wildman–Crippen MR) is 145 cm³/mol. The first-order valence-corrected chi connectivity index (χ1v) is 13.8. The number of nitro benzene ring substituents is 2. The number of hydrogen-bond donors (Lipinski definition) is 0. The maximum atomic E-state index is 10.9. The summed E-state index contributed by atoms with van der Waals surface area (Å²) in [5, 5.41) is 21.8. The topological polar surface area (TPSA) is 86.3 Å². The standard InChI is InChI=1S/C29H42N4O4/c1-32(22-26-6-10-28(11-7-26)30(34)35)18-14-24(15-19-32)4-3-5-25-16-20-33(2,21-17-25)23-27-8-12-29(13-9-27)31(36)37/h6-13,24-25H,3-5,14-23H2,1-2H3/q+2. The first kappa shape index (κ1) is 27.2. The number of likely N-dealkylation sites (tertiary alicyclic amines) is 2. The van der Waals surface area contributed by atoms with Gasteiger partial charge in [-0.3, -0.25) is 20.2 Å². The van der Waals surface area contributed by atoms with Gasteiger partial charge in [0, 0.05) is 35.4 Å². The summed E-state index contributed by atoms with van der Waals surface area (Å²) in [5.41, 5.74) is 2.69. The van der Waals surface area contributed by atoms with Gasteiger partial charge in [-0.1, -0.05) is 19.3 Å². The number of non-ortho nitro benzene ring substituents is 2. The average molecular weight is 511 g/mol. The summed E-state index contributed by atoms with van der Waals surface area (Å²) in [6, 6.07) is 14.1. The Balaban J connectivity index is 1.14. The van der Waals surface area contributed by atoms with Gasteiger partial charge in [0.2, 0.25) is 0 Å². The third-order valence-corrected chi connectivity index (χ3v) is 8.96. The first-order chi connectivity index (χ1) is 17.6. The number of nitrogens with zero attached hydrogens (tertiary/aromatic N) is 4. The minimum atomic E-state index is -0.335. The van der Waals surface area contributed by atoms with Crippen LogP contribution in [0.25, 0.3) is 0 Å². The fraction of sp³-hybridized carbons (Fsp3) is 0.586. The summed E-state index contributed by atoms with van der Waals surface area (Å²) >= 11 is 0. The number of quaternary nitrogens is 2. The molecule has 0 unspecified atom stereocenters. The molecule has 0 N–H and O–H groups in total. The summed E-state index contributed by atoms with van der Waals surface area (Å²) in [4.78, 5) is 21.1. The molecule has 200 valence electrons. The van der Waals surface area contributed by atoms with E-state index in [1.807, 2.05) is 24.3 Å². The van der Waals surface area contributed by atoms with E-state index in [9.17, 15) is 20.2 Å². The normalized spacial score (nSPS) is 28.1. The van der Waals surface area contributed by atoms with E-state index in [2.05, 4.69) is 14.1 Å². The second kappa shape index (κ2) is 11.7. The Bertz CT molecular complexity index is 969. The lowest BCUT2D eigenvalue weighted by atomic mass is 9.85. The molecule has 8 heteroatoms. The molecule has 4 rings (SSSR count). The van der Waals surface area contributed by atoms with E-state index in [1.165, 1.54) is 82.3 Å². The van der Waals surface area contributed by atoms with Gasteiger partial charge < -0.3 is 8.97 Å². The molecule has 0 amide bonds. The number of benzene rings is 2. The van der Waals surface area contributed by atoms with Crippen molar-refractivity contribution < 1.29 is 18.8 Å². The third kappa shape index (κ3) is 7.58. The third-order valence-electron chi connectivity index (χ3n) is 8.96. The summed E-state index contributed by atoms with van der Waals surface area (Å²) in [6.07, 6.45) is 9.10. The first-order valence-electron chi connectivity index (χ1n) is 13.8. The number of hydrogen-bond acceptors (Lipinski definition) is 4. The van der Waals surface area contributed by atoms with Crippen LogP contribution in [-0.2, 0) is 13.1 Å². The summed E-state index contributed by atoms with van der Waals surface area (Å²) in [5.74, 6) is 1.66. The van der Waals surface area contributed by atoms with Crippen LogP contribution in [-0.4, -0.2) is 59.1 Å². The predicted octanol–water partition coefficient (Wildman–Crippen LogP) is 6.09. The van der Waals surface area contributed by atoms with Crippen LogP contribution in [0.3, 0.4) is 0 Å². The monoisotopic (exact) mass is 510 g/mol. The van der Waals surface area contributed by atoms with E-state index in [1.54, 1.807) is 24.3 Å². The summed E-state index contributed by atoms with van der Waals surface area (Å²) in [6.45, 7) is 6.63. The second-order valence-electron chi connectivity index (χ2n) is 12.1. The van der Waals surface area contributed by atoms with Crippen LogP contribution < -0.4 is 0 Å². The minimum absolute atomic E-state index is 0.163. The molecule has 2 aliphatic heterocycles. The van der Waals surface area contributed by atoms with Gasteiger partial charge in [0.05, 0.1) is 50.1 Å². The Morgan fingerprint density at radius 2 is 0.973 bits per heavy atom. The van der Waals surface area contributed by atoms with Gasteiger partial charge in [0.25, 0.3) is 11.4 Å². The molecule has 2 fully saturated rings. The fourth-order valence-corrected chi connectivity index (χ4v) is 6.41. The highest BCUT2D eigenvalue weighted by Gasteiger charge is 2.32. The maximum absolute atomic E-state index is 10.9.